The molecule has 3 rings (SSSR count). The maximum Gasteiger partial charge on any atom is 0.243 e. The number of likely N-dealkylation sites (N-methyl/N-ethyl adjacent to an activating group) is 1. The zero-order valence-electron chi connectivity index (χ0n) is 16.0. The number of benzene rings is 1. The molecule has 27 heavy (non-hydrogen) atoms. The molecule has 7 nitrogen and oxygen atoms in total. The molecule has 1 aliphatic heterocycles. The summed E-state index contributed by atoms with van der Waals surface area (Å²) in [6.07, 6.45) is 1.88. The number of para-hydroxylation sites is 2. The van der Waals surface area contributed by atoms with Gasteiger partial charge in [0.1, 0.15) is 5.69 Å². The molecule has 0 saturated carbocycles. The van der Waals surface area contributed by atoms with E-state index in [9.17, 15) is 10.1 Å². The maximum absolute atomic E-state index is 12.6. The molecular formula is C20H27N6O+. The quantitative estimate of drug-likeness (QED) is 0.726. The van der Waals surface area contributed by atoms with Gasteiger partial charge in [-0.25, -0.2) is 9.97 Å². The summed E-state index contributed by atoms with van der Waals surface area (Å²) >= 11 is 0. The highest BCUT2D eigenvalue weighted by atomic mass is 16.1. The number of nitrogens with zero attached hydrogens (tertiary/aromatic N) is 4. The van der Waals surface area contributed by atoms with Crippen LogP contribution >= 0.6 is 0 Å². The topological polar surface area (TPSA) is 86.3 Å². The SMILES string of the molecule is CCCCNC(=O)[C@H](C#N)c1nc2ccccc2nc1N1CC[NH+](C)CC1. The van der Waals surface area contributed by atoms with Crippen molar-refractivity contribution in [3.63, 3.8) is 0 Å². The van der Waals surface area contributed by atoms with Gasteiger partial charge in [0.2, 0.25) is 5.91 Å². The number of fused-ring (bicyclic) bond motifs is 1. The normalized spacial score (nSPS) is 16.1. The van der Waals surface area contributed by atoms with Crippen LogP contribution in [0.3, 0.4) is 0 Å². The number of amides is 1. The number of carbonyl (C=O) groups excluding carboxylic acids is 1. The fourth-order valence-electron chi connectivity index (χ4n) is 3.27. The highest BCUT2D eigenvalue weighted by Crippen LogP contribution is 2.27. The molecule has 0 unspecified atom stereocenters. The molecule has 1 saturated heterocycles. The zero-order chi connectivity index (χ0) is 19.2. The number of unbranched alkanes of at least 4 members (excludes halogenated alkanes) is 1. The molecule has 1 fully saturated rings. The largest absolute Gasteiger partial charge is 0.355 e. The molecule has 0 aliphatic carbocycles. The Kier molecular flexibility index (Phi) is 6.20. The van der Waals surface area contributed by atoms with E-state index in [1.165, 1.54) is 4.90 Å². The van der Waals surface area contributed by atoms with Crippen molar-refractivity contribution in [3.8, 4) is 6.07 Å². The molecule has 2 heterocycles. The molecule has 1 aromatic heterocycles. The molecule has 2 N–H and O–H groups in total. The van der Waals surface area contributed by atoms with Gasteiger partial charge in [-0.1, -0.05) is 25.5 Å². The van der Waals surface area contributed by atoms with Crippen molar-refractivity contribution < 1.29 is 9.69 Å². The first-order chi connectivity index (χ1) is 13.1. The first-order valence-corrected chi connectivity index (χ1v) is 9.64. The highest BCUT2D eigenvalue weighted by molar-refractivity contribution is 5.88. The molecule has 142 valence electrons. The predicted molar refractivity (Wildman–Crippen MR) is 105 cm³/mol. The summed E-state index contributed by atoms with van der Waals surface area (Å²) in [4.78, 5) is 25.8. The van der Waals surface area contributed by atoms with E-state index < -0.39 is 5.92 Å². The highest BCUT2D eigenvalue weighted by Gasteiger charge is 2.30. The van der Waals surface area contributed by atoms with E-state index in [0.29, 0.717) is 23.6 Å². The summed E-state index contributed by atoms with van der Waals surface area (Å²) in [5.74, 6) is -0.587. The van der Waals surface area contributed by atoms with Gasteiger partial charge in [0.15, 0.2) is 11.7 Å². The third-order valence-corrected chi connectivity index (χ3v) is 4.99. The lowest BCUT2D eigenvalue weighted by Crippen LogP contribution is -3.12. The van der Waals surface area contributed by atoms with Crippen LogP contribution in [0.4, 0.5) is 5.82 Å². The average molecular weight is 367 g/mol. The Hall–Kier alpha value is -2.72. The number of anilines is 1. The molecule has 0 bridgehead atoms. The van der Waals surface area contributed by atoms with E-state index in [-0.39, 0.29) is 5.91 Å². The van der Waals surface area contributed by atoms with Crippen molar-refractivity contribution in [2.75, 3.05) is 44.7 Å². The minimum Gasteiger partial charge on any atom is -0.355 e. The summed E-state index contributed by atoms with van der Waals surface area (Å²) < 4.78 is 0. The maximum atomic E-state index is 12.6. The number of rotatable bonds is 6. The van der Waals surface area contributed by atoms with Crippen molar-refractivity contribution >= 4 is 22.8 Å². The molecule has 0 spiro atoms. The van der Waals surface area contributed by atoms with Crippen molar-refractivity contribution in [1.29, 1.82) is 5.26 Å². The number of nitrogens with one attached hydrogen (secondary N) is 2. The van der Waals surface area contributed by atoms with Crippen LogP contribution in [0.1, 0.15) is 31.4 Å². The molecule has 1 aliphatic rings. The Morgan fingerprint density at radius 2 is 1.96 bits per heavy atom. The van der Waals surface area contributed by atoms with Crippen LogP contribution in [0.15, 0.2) is 24.3 Å². The Morgan fingerprint density at radius 1 is 1.30 bits per heavy atom. The van der Waals surface area contributed by atoms with Crippen LogP contribution < -0.4 is 15.1 Å². The molecule has 7 heteroatoms. The molecule has 1 amide bonds. The van der Waals surface area contributed by atoms with Crippen molar-refractivity contribution in [2.45, 2.75) is 25.7 Å². The second kappa shape index (κ2) is 8.78. The number of piperazine rings is 1. The van der Waals surface area contributed by atoms with Crippen molar-refractivity contribution in [2.24, 2.45) is 0 Å². The van der Waals surface area contributed by atoms with Gasteiger partial charge in [-0.2, -0.15) is 5.26 Å². The average Bonchev–Trinajstić information content (AvgIpc) is 2.69. The fraction of sp³-hybridized carbons (Fsp3) is 0.500. The molecule has 2 aromatic rings. The number of nitriles is 1. The van der Waals surface area contributed by atoms with Crippen LogP contribution in [0.5, 0.6) is 0 Å². The van der Waals surface area contributed by atoms with E-state index in [4.69, 9.17) is 9.97 Å². The van der Waals surface area contributed by atoms with Crippen LogP contribution in [0.25, 0.3) is 11.0 Å². The Bertz CT molecular complexity index is 838. The molecule has 0 radical (unpaired) electrons. The van der Waals surface area contributed by atoms with E-state index in [2.05, 4.69) is 30.3 Å². The van der Waals surface area contributed by atoms with E-state index in [1.54, 1.807) is 0 Å². The third-order valence-electron chi connectivity index (χ3n) is 4.99. The molecule has 1 atom stereocenters. The summed E-state index contributed by atoms with van der Waals surface area (Å²) in [6, 6.07) is 9.75. The first kappa shape index (κ1) is 19.1. The van der Waals surface area contributed by atoms with Crippen LogP contribution in [0, 0.1) is 11.3 Å². The van der Waals surface area contributed by atoms with Gasteiger partial charge in [-0.05, 0) is 18.6 Å². The number of hydrogen-bond donors (Lipinski definition) is 2. The third kappa shape index (κ3) is 4.34. The Balaban J connectivity index is 1.99. The zero-order valence-corrected chi connectivity index (χ0v) is 16.0. The summed E-state index contributed by atoms with van der Waals surface area (Å²) in [6.45, 7) is 6.29. The van der Waals surface area contributed by atoms with Gasteiger partial charge in [0.25, 0.3) is 0 Å². The fourth-order valence-corrected chi connectivity index (χ4v) is 3.27. The van der Waals surface area contributed by atoms with E-state index >= 15 is 0 Å². The van der Waals surface area contributed by atoms with Gasteiger partial charge in [0.05, 0.1) is 50.3 Å². The lowest BCUT2D eigenvalue weighted by molar-refractivity contribution is -0.880. The lowest BCUT2D eigenvalue weighted by atomic mass is 10.0. The second-order valence-corrected chi connectivity index (χ2v) is 7.07. The van der Waals surface area contributed by atoms with E-state index in [1.807, 2.05) is 24.3 Å². The van der Waals surface area contributed by atoms with Gasteiger partial charge in [0, 0.05) is 6.54 Å². The van der Waals surface area contributed by atoms with Crippen molar-refractivity contribution in [3.05, 3.63) is 30.0 Å². The van der Waals surface area contributed by atoms with Crippen molar-refractivity contribution in [1.82, 2.24) is 15.3 Å². The van der Waals surface area contributed by atoms with Gasteiger partial charge in [-0.15, -0.1) is 0 Å². The number of aromatic nitrogens is 2. The monoisotopic (exact) mass is 367 g/mol. The number of carbonyl (C=O) groups is 1. The number of quaternary nitrogens is 1. The van der Waals surface area contributed by atoms with Crippen LogP contribution in [-0.4, -0.2) is 55.6 Å². The summed E-state index contributed by atoms with van der Waals surface area (Å²) in [5.41, 5.74) is 1.95. The van der Waals surface area contributed by atoms with E-state index in [0.717, 1.165) is 44.5 Å². The summed E-state index contributed by atoms with van der Waals surface area (Å²) in [7, 11) is 2.17. The standard InChI is InChI=1S/C20H26N6O/c1-3-4-9-22-20(27)15(14-21)18-19(26-12-10-25(2)11-13-26)24-17-8-6-5-7-16(17)23-18/h5-8,15H,3-4,9-13H2,1-2H3,(H,22,27)/p+1/t15-/m1/s1. The van der Waals surface area contributed by atoms with Crippen LogP contribution in [0.2, 0.25) is 0 Å². The van der Waals surface area contributed by atoms with Crippen LogP contribution in [-0.2, 0) is 4.79 Å². The summed E-state index contributed by atoms with van der Waals surface area (Å²) in [5, 5.41) is 12.6. The minimum atomic E-state index is -0.957. The molecular weight excluding hydrogens is 340 g/mol. The second-order valence-electron chi connectivity index (χ2n) is 7.07. The smallest absolute Gasteiger partial charge is 0.243 e. The first-order valence-electron chi connectivity index (χ1n) is 9.64. The number of hydrogen-bond acceptors (Lipinski definition) is 5. The molecule has 1 aromatic carbocycles. The Labute approximate surface area is 160 Å². The van der Waals surface area contributed by atoms with Gasteiger partial charge >= 0.3 is 0 Å². The van der Waals surface area contributed by atoms with Gasteiger partial charge < -0.3 is 15.1 Å². The Morgan fingerprint density at radius 3 is 2.59 bits per heavy atom. The minimum absolute atomic E-state index is 0.295. The van der Waals surface area contributed by atoms with Gasteiger partial charge in [-0.3, -0.25) is 4.79 Å². The predicted octanol–water partition coefficient (Wildman–Crippen LogP) is 0.488. The lowest BCUT2D eigenvalue weighted by Gasteiger charge is -2.32.